The van der Waals surface area contributed by atoms with Crippen molar-refractivity contribution in [2.75, 3.05) is 6.54 Å². The Hall–Kier alpha value is -0.0400. The van der Waals surface area contributed by atoms with Crippen LogP contribution in [0.2, 0.25) is 0 Å². The number of hydrogen-bond acceptors (Lipinski definition) is 1. The van der Waals surface area contributed by atoms with Gasteiger partial charge >= 0.3 is 0 Å². The highest BCUT2D eigenvalue weighted by Gasteiger charge is 2.33. The molecule has 1 heteroatoms. The molecule has 0 heterocycles. The molecule has 2 N–H and O–H groups in total. The molecule has 2 rings (SSSR count). The molecule has 2 aliphatic rings. The third kappa shape index (κ3) is 1.52. The van der Waals surface area contributed by atoms with Gasteiger partial charge in [-0.2, -0.15) is 0 Å². The van der Waals surface area contributed by atoms with Crippen LogP contribution in [0, 0.1) is 17.8 Å². The van der Waals surface area contributed by atoms with Crippen molar-refractivity contribution in [1.82, 2.24) is 0 Å². The van der Waals surface area contributed by atoms with Gasteiger partial charge in [0.2, 0.25) is 0 Å². The molecule has 0 aromatic rings. The van der Waals surface area contributed by atoms with Crippen LogP contribution < -0.4 is 5.73 Å². The number of hydrogen-bond donors (Lipinski definition) is 1. The van der Waals surface area contributed by atoms with E-state index in [9.17, 15) is 0 Å². The monoisotopic (exact) mass is 167 g/mol. The standard InChI is InChI=1S/C11H21N/c12-8-11-9-4-1-2-5-10(11)7-3-6-9/h9-11H,1-8,12H2. The highest BCUT2D eigenvalue weighted by atomic mass is 14.6. The average molecular weight is 167 g/mol. The molecule has 2 saturated carbocycles. The Morgan fingerprint density at radius 1 is 0.833 bits per heavy atom. The maximum atomic E-state index is 5.86. The van der Waals surface area contributed by atoms with E-state index in [1.807, 2.05) is 0 Å². The summed E-state index contributed by atoms with van der Waals surface area (Å²) in [5.41, 5.74) is 5.86. The number of fused-ring (bicyclic) bond motifs is 2. The lowest BCUT2D eigenvalue weighted by Gasteiger charge is -2.35. The van der Waals surface area contributed by atoms with E-state index in [1.54, 1.807) is 0 Å². The van der Waals surface area contributed by atoms with Gasteiger partial charge < -0.3 is 5.73 Å². The molecule has 0 aliphatic heterocycles. The molecule has 2 unspecified atom stereocenters. The Morgan fingerprint density at radius 3 is 1.83 bits per heavy atom. The molecule has 1 nitrogen and oxygen atoms in total. The average Bonchev–Trinajstić information content (AvgIpc) is 2.21. The quantitative estimate of drug-likeness (QED) is 0.638. The summed E-state index contributed by atoms with van der Waals surface area (Å²) in [5, 5.41) is 0. The number of nitrogens with two attached hydrogens (primary N) is 1. The lowest BCUT2D eigenvalue weighted by Crippen LogP contribution is -2.32. The fourth-order valence-electron chi connectivity index (χ4n) is 3.37. The summed E-state index contributed by atoms with van der Waals surface area (Å²) in [7, 11) is 0. The molecule has 0 amide bonds. The van der Waals surface area contributed by atoms with Gasteiger partial charge in [-0.15, -0.1) is 0 Å². The predicted octanol–water partition coefficient (Wildman–Crippen LogP) is 2.55. The van der Waals surface area contributed by atoms with Crippen LogP contribution in [-0.2, 0) is 0 Å². The minimum Gasteiger partial charge on any atom is -0.330 e. The van der Waals surface area contributed by atoms with Crippen molar-refractivity contribution in [2.24, 2.45) is 23.5 Å². The van der Waals surface area contributed by atoms with Crippen molar-refractivity contribution >= 4 is 0 Å². The fourth-order valence-corrected chi connectivity index (χ4v) is 3.37. The van der Waals surface area contributed by atoms with Crippen molar-refractivity contribution in [3.05, 3.63) is 0 Å². The molecule has 0 aromatic carbocycles. The normalized spacial score (nSPS) is 42.2. The Labute approximate surface area is 75.7 Å². The SMILES string of the molecule is NCC1C2CCCCC1CCC2. The molecular formula is C11H21N. The second kappa shape index (κ2) is 3.78. The lowest BCUT2D eigenvalue weighted by molar-refractivity contribution is 0.162. The largest absolute Gasteiger partial charge is 0.330 e. The topological polar surface area (TPSA) is 26.0 Å². The van der Waals surface area contributed by atoms with Gasteiger partial charge in [0.05, 0.1) is 0 Å². The van der Waals surface area contributed by atoms with E-state index in [0.29, 0.717) is 0 Å². The zero-order valence-electron chi connectivity index (χ0n) is 7.97. The third-order valence-electron chi connectivity index (χ3n) is 4.03. The smallest absolute Gasteiger partial charge is 0.00436 e. The number of rotatable bonds is 1. The van der Waals surface area contributed by atoms with Crippen LogP contribution in [0.15, 0.2) is 0 Å². The minimum atomic E-state index is 0.890. The first kappa shape index (κ1) is 8.55. The zero-order valence-corrected chi connectivity index (χ0v) is 7.97. The first-order chi connectivity index (χ1) is 5.92. The molecule has 0 spiro atoms. The maximum Gasteiger partial charge on any atom is -0.00436 e. The van der Waals surface area contributed by atoms with E-state index in [1.165, 1.54) is 44.9 Å². The van der Waals surface area contributed by atoms with Crippen LogP contribution in [0.25, 0.3) is 0 Å². The molecule has 2 fully saturated rings. The van der Waals surface area contributed by atoms with Crippen molar-refractivity contribution < 1.29 is 0 Å². The molecule has 0 aromatic heterocycles. The molecule has 0 saturated heterocycles. The fraction of sp³-hybridized carbons (Fsp3) is 1.00. The van der Waals surface area contributed by atoms with Gasteiger partial charge in [0.25, 0.3) is 0 Å². The Balaban J connectivity index is 2.07. The van der Waals surface area contributed by atoms with Crippen LogP contribution in [0.3, 0.4) is 0 Å². The third-order valence-corrected chi connectivity index (χ3v) is 4.03. The predicted molar refractivity (Wildman–Crippen MR) is 51.8 cm³/mol. The summed E-state index contributed by atoms with van der Waals surface area (Å²) in [6, 6.07) is 0. The van der Waals surface area contributed by atoms with E-state index >= 15 is 0 Å². The van der Waals surface area contributed by atoms with E-state index in [-0.39, 0.29) is 0 Å². The highest BCUT2D eigenvalue weighted by molar-refractivity contribution is 4.85. The molecule has 2 bridgehead atoms. The van der Waals surface area contributed by atoms with E-state index in [4.69, 9.17) is 5.73 Å². The van der Waals surface area contributed by atoms with E-state index in [2.05, 4.69) is 0 Å². The van der Waals surface area contributed by atoms with Crippen LogP contribution in [0.4, 0.5) is 0 Å². The van der Waals surface area contributed by atoms with Crippen molar-refractivity contribution in [1.29, 1.82) is 0 Å². The molecular weight excluding hydrogens is 146 g/mol. The van der Waals surface area contributed by atoms with E-state index in [0.717, 1.165) is 24.3 Å². The second-order valence-electron chi connectivity index (χ2n) is 4.64. The van der Waals surface area contributed by atoms with Gasteiger partial charge in [0, 0.05) is 0 Å². The van der Waals surface area contributed by atoms with Crippen LogP contribution >= 0.6 is 0 Å². The van der Waals surface area contributed by atoms with Crippen LogP contribution in [-0.4, -0.2) is 6.54 Å². The summed E-state index contributed by atoms with van der Waals surface area (Å²) < 4.78 is 0. The first-order valence-electron chi connectivity index (χ1n) is 5.62. The first-order valence-corrected chi connectivity index (χ1v) is 5.62. The summed E-state index contributed by atoms with van der Waals surface area (Å²) in [6.07, 6.45) is 10.3. The lowest BCUT2D eigenvalue weighted by atomic mass is 9.71. The van der Waals surface area contributed by atoms with Gasteiger partial charge in [-0.1, -0.05) is 44.9 Å². The van der Waals surface area contributed by atoms with Crippen LogP contribution in [0.5, 0.6) is 0 Å². The van der Waals surface area contributed by atoms with Crippen molar-refractivity contribution in [2.45, 2.75) is 44.9 Å². The molecule has 12 heavy (non-hydrogen) atoms. The summed E-state index contributed by atoms with van der Waals surface area (Å²) in [6.45, 7) is 0.954. The Kier molecular flexibility index (Phi) is 2.69. The highest BCUT2D eigenvalue weighted by Crippen LogP contribution is 2.42. The Bertz CT molecular complexity index is 130. The van der Waals surface area contributed by atoms with Gasteiger partial charge in [-0.25, -0.2) is 0 Å². The summed E-state index contributed by atoms with van der Waals surface area (Å²) in [5.74, 6) is 2.88. The van der Waals surface area contributed by atoms with Gasteiger partial charge in [-0.3, -0.25) is 0 Å². The van der Waals surface area contributed by atoms with Crippen molar-refractivity contribution in [3.63, 3.8) is 0 Å². The van der Waals surface area contributed by atoms with Crippen molar-refractivity contribution in [3.8, 4) is 0 Å². The van der Waals surface area contributed by atoms with Gasteiger partial charge in [0.1, 0.15) is 0 Å². The van der Waals surface area contributed by atoms with E-state index < -0.39 is 0 Å². The second-order valence-corrected chi connectivity index (χ2v) is 4.64. The summed E-state index contributed by atoms with van der Waals surface area (Å²) >= 11 is 0. The van der Waals surface area contributed by atoms with Gasteiger partial charge in [-0.05, 0) is 24.3 Å². The van der Waals surface area contributed by atoms with Crippen LogP contribution in [0.1, 0.15) is 44.9 Å². The maximum absolute atomic E-state index is 5.86. The molecule has 70 valence electrons. The minimum absolute atomic E-state index is 0.890. The molecule has 2 atom stereocenters. The molecule has 0 radical (unpaired) electrons. The van der Waals surface area contributed by atoms with Gasteiger partial charge in [0.15, 0.2) is 0 Å². The molecule has 2 aliphatic carbocycles. The zero-order chi connectivity index (χ0) is 8.39. The summed E-state index contributed by atoms with van der Waals surface area (Å²) in [4.78, 5) is 0. The Morgan fingerprint density at radius 2 is 1.33 bits per heavy atom.